The summed E-state index contributed by atoms with van der Waals surface area (Å²) in [6.45, 7) is 27.8. The van der Waals surface area contributed by atoms with Crippen molar-refractivity contribution >= 4 is 11.9 Å². The highest BCUT2D eigenvalue weighted by Crippen LogP contribution is 2.79. The number of aliphatic carboxylic acids is 1. The molecule has 8 saturated carbocycles. The third kappa shape index (κ3) is 8.88. The SMILES string of the molecule is C[C@H]1[C@H](C)CC[C@]2(C(=O)O)CC[C@]3(C)C(=CC[C@@H]4[C@@]5(C)CC[C@H](O[C@@H]6OC[C@H](O)[C@H](O)[C@H]6O)C(C)(COC(=O)[C@]67CC[C@@H](C)[C@H](C)[C@H]6C6=CCC8[C@@]9(C)CC[C@H](O[C@@H]%10O[C@H](CO)[C@@H](O)[C@H](O)[C@H]%10O)C(C)(CO)C9CC[C@@]8(C)[C@]6(C)CC7)C5CC[C@]43C)[C@H]12. The van der Waals surface area contributed by atoms with Gasteiger partial charge in [-0.1, -0.05) is 106 Å². The van der Waals surface area contributed by atoms with Gasteiger partial charge in [-0.25, -0.2) is 0 Å². The summed E-state index contributed by atoms with van der Waals surface area (Å²) in [5.41, 5.74) is -1.32. The molecule has 0 aromatic carbocycles. The van der Waals surface area contributed by atoms with Crippen LogP contribution in [0.3, 0.4) is 0 Å². The van der Waals surface area contributed by atoms with Crippen molar-refractivity contribution in [3.05, 3.63) is 23.3 Å². The normalized spacial score (nSPS) is 57.1. The maximum Gasteiger partial charge on any atom is 0.312 e. The smallest absolute Gasteiger partial charge is 0.312 e. The number of fused-ring (bicyclic) bond motifs is 14. The zero-order chi connectivity index (χ0) is 62.9. The van der Waals surface area contributed by atoms with Crippen molar-refractivity contribution in [2.45, 2.75) is 266 Å². The Morgan fingerprint density at radius 2 is 1.02 bits per heavy atom. The molecule has 87 heavy (non-hydrogen) atoms. The highest BCUT2D eigenvalue weighted by atomic mass is 16.7. The molecular weight excluding hydrogens is 1110 g/mol. The number of rotatable bonds is 10. The molecule has 492 valence electrons. The van der Waals surface area contributed by atoms with E-state index in [1.165, 1.54) is 11.1 Å². The molecule has 2 saturated heterocycles. The highest BCUT2D eigenvalue weighted by molar-refractivity contribution is 5.79. The quantitative estimate of drug-likeness (QED) is 0.0562. The van der Waals surface area contributed by atoms with Gasteiger partial charge in [-0.05, 0) is 207 Å². The summed E-state index contributed by atoms with van der Waals surface area (Å²) in [7, 11) is 0. The van der Waals surface area contributed by atoms with Crippen molar-refractivity contribution in [3.8, 4) is 0 Å². The number of aliphatic hydroxyl groups excluding tert-OH is 8. The number of hydrogen-bond donors (Lipinski definition) is 9. The molecule has 31 atom stereocenters. The first-order valence-corrected chi connectivity index (χ1v) is 34.5. The first kappa shape index (κ1) is 65.0. The van der Waals surface area contributed by atoms with E-state index in [9.17, 15) is 50.8 Å². The topological polar surface area (TPSA) is 262 Å². The molecule has 2 aliphatic heterocycles. The van der Waals surface area contributed by atoms with Crippen molar-refractivity contribution in [3.63, 3.8) is 0 Å². The molecule has 0 aromatic heterocycles. The van der Waals surface area contributed by atoms with E-state index in [2.05, 4.69) is 95.2 Å². The van der Waals surface area contributed by atoms with Gasteiger partial charge in [-0.15, -0.1) is 0 Å². The summed E-state index contributed by atoms with van der Waals surface area (Å²) in [6, 6.07) is 0. The van der Waals surface area contributed by atoms with Crippen LogP contribution in [0.15, 0.2) is 23.3 Å². The van der Waals surface area contributed by atoms with Gasteiger partial charge in [0.2, 0.25) is 0 Å². The zero-order valence-corrected chi connectivity index (χ0v) is 54.7. The predicted octanol–water partition coefficient (Wildman–Crippen LogP) is 8.89. The van der Waals surface area contributed by atoms with E-state index in [1.807, 2.05) is 0 Å². The summed E-state index contributed by atoms with van der Waals surface area (Å²) in [4.78, 5) is 29.7. The predicted molar refractivity (Wildman–Crippen MR) is 324 cm³/mol. The second-order valence-electron chi connectivity index (χ2n) is 33.9. The first-order chi connectivity index (χ1) is 40.8. The van der Waals surface area contributed by atoms with Gasteiger partial charge in [0, 0.05) is 10.8 Å². The van der Waals surface area contributed by atoms with Crippen LogP contribution in [0.2, 0.25) is 0 Å². The fourth-order valence-corrected chi connectivity index (χ4v) is 24.9. The molecule has 0 bridgehead atoms. The Balaban J connectivity index is 0.842. The van der Waals surface area contributed by atoms with Crippen LogP contribution in [0, 0.1) is 113 Å². The number of carbonyl (C=O) groups is 2. The van der Waals surface area contributed by atoms with E-state index in [0.29, 0.717) is 37.5 Å². The molecule has 16 heteroatoms. The Bertz CT molecular complexity index is 2700. The molecule has 0 aromatic rings. The lowest BCUT2D eigenvalue weighted by atomic mass is 9.33. The summed E-state index contributed by atoms with van der Waals surface area (Å²) >= 11 is 0. The average Bonchev–Trinajstić information content (AvgIpc) is 0.685. The van der Waals surface area contributed by atoms with Crippen LogP contribution in [0.25, 0.3) is 0 Å². The molecule has 10 fully saturated rings. The van der Waals surface area contributed by atoms with E-state index in [0.717, 1.165) is 89.9 Å². The maximum absolute atomic E-state index is 16.2. The van der Waals surface area contributed by atoms with Crippen LogP contribution >= 0.6 is 0 Å². The minimum absolute atomic E-state index is 0.00395. The molecule has 9 N–H and O–H groups in total. The molecule has 5 unspecified atom stereocenters. The monoisotopic (exact) mass is 1220 g/mol. The van der Waals surface area contributed by atoms with Gasteiger partial charge in [0.25, 0.3) is 0 Å². The number of carboxylic acid groups (broad SMARTS) is 1. The second-order valence-corrected chi connectivity index (χ2v) is 33.9. The average molecular weight is 1220 g/mol. The minimum Gasteiger partial charge on any atom is -0.481 e. The molecule has 12 rings (SSSR count). The van der Waals surface area contributed by atoms with E-state index in [4.69, 9.17) is 23.7 Å². The van der Waals surface area contributed by atoms with E-state index in [-0.39, 0.29) is 106 Å². The largest absolute Gasteiger partial charge is 0.481 e. The number of ether oxygens (including phenoxy) is 5. The van der Waals surface area contributed by atoms with Gasteiger partial charge < -0.3 is 69.6 Å². The number of hydrogen-bond acceptors (Lipinski definition) is 15. The Labute approximate surface area is 518 Å². The fourth-order valence-electron chi connectivity index (χ4n) is 24.9. The van der Waals surface area contributed by atoms with Crippen molar-refractivity contribution in [2.24, 2.45) is 113 Å². The maximum atomic E-state index is 16.2. The molecule has 2 heterocycles. The van der Waals surface area contributed by atoms with Crippen molar-refractivity contribution in [1.29, 1.82) is 0 Å². The Kier molecular flexibility index (Phi) is 16.5. The van der Waals surface area contributed by atoms with Crippen LogP contribution in [0.5, 0.6) is 0 Å². The summed E-state index contributed by atoms with van der Waals surface area (Å²) in [6.07, 6.45) is 6.09. The molecule has 0 amide bonds. The van der Waals surface area contributed by atoms with Crippen LogP contribution in [0.4, 0.5) is 0 Å². The third-order valence-corrected chi connectivity index (χ3v) is 31.1. The number of allylic oxidation sites excluding steroid dienone is 4. The Morgan fingerprint density at radius 3 is 1.55 bits per heavy atom. The Morgan fingerprint density at radius 1 is 0.540 bits per heavy atom. The molecule has 10 aliphatic carbocycles. The van der Waals surface area contributed by atoms with Crippen LogP contribution in [-0.4, -0.2) is 152 Å². The lowest BCUT2D eigenvalue weighted by Gasteiger charge is -2.72. The van der Waals surface area contributed by atoms with Crippen molar-refractivity contribution < 1.29 is 79.2 Å². The van der Waals surface area contributed by atoms with Gasteiger partial charge in [0.15, 0.2) is 12.6 Å². The summed E-state index contributed by atoms with van der Waals surface area (Å²) in [5.74, 6) is 1.06. The molecule has 0 radical (unpaired) electrons. The van der Waals surface area contributed by atoms with E-state index >= 15 is 4.79 Å². The second kappa shape index (κ2) is 22.0. The van der Waals surface area contributed by atoms with E-state index in [1.54, 1.807) is 0 Å². The molecular formula is C71H112O16. The number of carboxylic acids is 1. The van der Waals surface area contributed by atoms with Crippen molar-refractivity contribution in [2.75, 3.05) is 26.4 Å². The van der Waals surface area contributed by atoms with Crippen LogP contribution in [0.1, 0.15) is 199 Å². The lowest BCUT2D eigenvalue weighted by Crippen LogP contribution is -2.67. The van der Waals surface area contributed by atoms with Crippen molar-refractivity contribution in [1.82, 2.24) is 0 Å². The molecule has 0 spiro atoms. The Hall–Kier alpha value is -2.06. The first-order valence-electron chi connectivity index (χ1n) is 34.5. The van der Waals surface area contributed by atoms with Gasteiger partial charge in [-0.3, -0.25) is 9.59 Å². The van der Waals surface area contributed by atoms with Crippen LogP contribution in [-0.2, 0) is 33.3 Å². The highest BCUT2D eigenvalue weighted by Gasteiger charge is 2.74. The number of carbonyl (C=O) groups excluding carboxylic acids is 1. The van der Waals surface area contributed by atoms with E-state index < -0.39 is 102 Å². The summed E-state index contributed by atoms with van der Waals surface area (Å²) < 4.78 is 32.6. The summed E-state index contributed by atoms with van der Waals surface area (Å²) in [5, 5.41) is 97.8. The van der Waals surface area contributed by atoms with Crippen LogP contribution < -0.4 is 0 Å². The van der Waals surface area contributed by atoms with Gasteiger partial charge in [0.1, 0.15) is 42.7 Å². The van der Waals surface area contributed by atoms with Gasteiger partial charge in [-0.2, -0.15) is 0 Å². The minimum atomic E-state index is -1.56. The number of esters is 1. The van der Waals surface area contributed by atoms with Gasteiger partial charge >= 0.3 is 11.9 Å². The standard InChI is InChI=1S/C71H112O16/c1-37-17-27-70(60(80)81)31-29-66(9)41(51(70)39(37)3)13-15-48-63(6)24-22-50(86-58-56(78)53(75)43(74)34-83-58)65(8,46(63)20-26-69(48,66)12)36-84-61(82)71-28-18-38(2)40(4)52(71)42-14-16-47-62(5)23-21-49(87-59-57(79)55(77)54(76)44(33-72)85-59)64(7,35-73)45(62)19-25-68(47,11)67(42,10)30-32-71/h13-14,37-40,43-59,72-79H,15-36H2,1-12H3,(H,80,81)/t37-,38-,39+,40+,43+,44-,45?,46?,47?,48-,49+,50+,51+,52+,53+,54-,55+,56-,57-,58+,59+,62+,63+,64?,65?,66-,67-,68-,69-,70+,71+/m1/s1. The third-order valence-electron chi connectivity index (χ3n) is 31.1. The van der Waals surface area contributed by atoms with Gasteiger partial charge in [0.05, 0.1) is 49.5 Å². The lowest BCUT2D eigenvalue weighted by molar-refractivity contribution is -0.333. The molecule has 16 nitrogen and oxygen atoms in total. The fraction of sp³-hybridized carbons (Fsp3) is 0.915. The molecule has 12 aliphatic rings. The number of aliphatic hydroxyl groups is 8. The zero-order valence-electron chi connectivity index (χ0n) is 54.7.